The van der Waals surface area contributed by atoms with Crippen molar-refractivity contribution < 1.29 is 18.0 Å². The minimum Gasteiger partial charge on any atom is -0.355 e. The molecule has 0 fully saturated rings. The van der Waals surface area contributed by atoms with Crippen molar-refractivity contribution in [3.8, 4) is 5.69 Å². The molecule has 0 aliphatic rings. The van der Waals surface area contributed by atoms with Gasteiger partial charge in [0.2, 0.25) is 5.91 Å². The molecule has 2 aromatic carbocycles. The van der Waals surface area contributed by atoms with Crippen molar-refractivity contribution in [1.82, 2.24) is 14.9 Å². The fourth-order valence-corrected chi connectivity index (χ4v) is 4.34. The van der Waals surface area contributed by atoms with Gasteiger partial charge in [-0.3, -0.25) is 14.2 Å². The van der Waals surface area contributed by atoms with Crippen molar-refractivity contribution in [2.75, 3.05) is 6.54 Å². The van der Waals surface area contributed by atoms with Crippen LogP contribution < -0.4 is 10.9 Å². The topological polar surface area (TPSA) is 64.0 Å². The molecule has 1 N–H and O–H groups in total. The van der Waals surface area contributed by atoms with E-state index in [-0.39, 0.29) is 22.1 Å². The van der Waals surface area contributed by atoms with Crippen molar-refractivity contribution in [2.45, 2.75) is 50.2 Å². The molecule has 0 saturated heterocycles. The molecule has 9 heteroatoms. The number of carbonyl (C=O) groups excluding carboxylic acids is 1. The predicted octanol–water partition coefficient (Wildman–Crippen LogP) is 5.44. The number of aromatic nitrogens is 2. The first-order valence-electron chi connectivity index (χ1n) is 10.8. The van der Waals surface area contributed by atoms with Crippen LogP contribution in [0.5, 0.6) is 0 Å². The Kier molecular flexibility index (Phi) is 7.84. The number of rotatable bonds is 8. The summed E-state index contributed by atoms with van der Waals surface area (Å²) in [7, 11) is 0. The fourth-order valence-electron chi connectivity index (χ4n) is 3.29. The van der Waals surface area contributed by atoms with E-state index in [4.69, 9.17) is 0 Å². The lowest BCUT2D eigenvalue weighted by atomic mass is 10.1. The van der Waals surface area contributed by atoms with Gasteiger partial charge in [-0.1, -0.05) is 50.7 Å². The third-order valence-electron chi connectivity index (χ3n) is 5.11. The van der Waals surface area contributed by atoms with Crippen LogP contribution in [0.4, 0.5) is 13.2 Å². The van der Waals surface area contributed by atoms with E-state index in [1.54, 1.807) is 24.3 Å². The van der Waals surface area contributed by atoms with Crippen molar-refractivity contribution in [3.63, 3.8) is 0 Å². The van der Waals surface area contributed by atoms with Crippen LogP contribution in [0.15, 0.2) is 58.5 Å². The van der Waals surface area contributed by atoms with Crippen LogP contribution in [0.25, 0.3) is 16.6 Å². The van der Waals surface area contributed by atoms with E-state index < -0.39 is 22.5 Å². The third kappa shape index (κ3) is 5.96. The Morgan fingerprint density at radius 3 is 2.55 bits per heavy atom. The maximum atomic E-state index is 13.3. The number of carbonyl (C=O) groups is 1. The zero-order valence-electron chi connectivity index (χ0n) is 18.6. The summed E-state index contributed by atoms with van der Waals surface area (Å²) in [5, 5.41) is 2.80. The summed E-state index contributed by atoms with van der Waals surface area (Å²) in [5.41, 5.74) is -0.888. The summed E-state index contributed by atoms with van der Waals surface area (Å²) < 4.78 is 41.1. The molecule has 0 aliphatic carbocycles. The molecule has 33 heavy (non-hydrogen) atoms. The lowest BCUT2D eigenvalue weighted by molar-refractivity contribution is -0.137. The van der Waals surface area contributed by atoms with Gasteiger partial charge in [0, 0.05) is 6.54 Å². The summed E-state index contributed by atoms with van der Waals surface area (Å²) >= 11 is 1.08. The highest BCUT2D eigenvalue weighted by Crippen LogP contribution is 2.32. The minimum absolute atomic E-state index is 0.0469. The number of hydrogen-bond acceptors (Lipinski definition) is 4. The molecule has 0 radical (unpaired) electrons. The maximum absolute atomic E-state index is 13.3. The molecule has 0 aliphatic heterocycles. The zero-order valence-corrected chi connectivity index (χ0v) is 19.5. The molecule has 3 aromatic rings. The van der Waals surface area contributed by atoms with Crippen molar-refractivity contribution >= 4 is 28.6 Å². The molecular formula is C24H26F3N3O2S. The second-order valence-electron chi connectivity index (χ2n) is 8.09. The maximum Gasteiger partial charge on any atom is 0.416 e. The van der Waals surface area contributed by atoms with Crippen LogP contribution in [-0.4, -0.2) is 27.3 Å². The van der Waals surface area contributed by atoms with E-state index in [2.05, 4.69) is 24.1 Å². The molecule has 1 amide bonds. The normalized spacial score (nSPS) is 12.8. The van der Waals surface area contributed by atoms with E-state index in [0.717, 1.165) is 34.9 Å². The SMILES string of the molecule is CCC(Sc1nc2ccccc2c(=O)n1-c1cccc(C(F)(F)F)c1)C(=O)NCCC(C)C. The Morgan fingerprint density at radius 2 is 1.88 bits per heavy atom. The van der Waals surface area contributed by atoms with Gasteiger partial charge in [0.15, 0.2) is 5.16 Å². The summed E-state index contributed by atoms with van der Waals surface area (Å²) in [5.74, 6) is 0.243. The first kappa shape index (κ1) is 24.8. The van der Waals surface area contributed by atoms with Crippen LogP contribution in [0.3, 0.4) is 0 Å². The Labute approximate surface area is 194 Å². The molecule has 3 rings (SSSR count). The Hall–Kier alpha value is -2.81. The molecule has 1 atom stereocenters. The lowest BCUT2D eigenvalue weighted by Crippen LogP contribution is -2.34. The number of alkyl halides is 3. The predicted molar refractivity (Wildman–Crippen MR) is 125 cm³/mol. The lowest BCUT2D eigenvalue weighted by Gasteiger charge is -2.19. The van der Waals surface area contributed by atoms with Gasteiger partial charge < -0.3 is 5.32 Å². The van der Waals surface area contributed by atoms with Gasteiger partial charge in [0.1, 0.15) is 0 Å². The first-order chi connectivity index (χ1) is 15.6. The van der Waals surface area contributed by atoms with Crippen LogP contribution in [0, 0.1) is 5.92 Å². The van der Waals surface area contributed by atoms with Gasteiger partial charge in [-0.25, -0.2) is 4.98 Å². The fraction of sp³-hybridized carbons (Fsp3) is 0.375. The van der Waals surface area contributed by atoms with Gasteiger partial charge in [0.05, 0.1) is 27.4 Å². The van der Waals surface area contributed by atoms with E-state index in [1.165, 1.54) is 12.1 Å². The number of nitrogens with one attached hydrogen (secondary N) is 1. The zero-order chi connectivity index (χ0) is 24.2. The smallest absolute Gasteiger partial charge is 0.355 e. The number of thioether (sulfide) groups is 1. The third-order valence-corrected chi connectivity index (χ3v) is 6.43. The average molecular weight is 478 g/mol. The van der Waals surface area contributed by atoms with Crippen LogP contribution in [0.2, 0.25) is 0 Å². The van der Waals surface area contributed by atoms with Gasteiger partial charge >= 0.3 is 6.18 Å². The van der Waals surface area contributed by atoms with E-state index in [1.807, 2.05) is 6.92 Å². The standard InChI is InChI=1S/C24H26F3N3O2S/c1-4-20(21(31)28-13-12-15(2)3)33-23-29-19-11-6-5-10-18(19)22(32)30(23)17-9-7-8-16(14-17)24(25,26)27/h5-11,14-15,20H,4,12-13H2,1-3H3,(H,28,31). The highest BCUT2D eigenvalue weighted by Gasteiger charge is 2.31. The van der Waals surface area contributed by atoms with Gasteiger partial charge in [-0.05, 0) is 49.1 Å². The molecule has 0 spiro atoms. The van der Waals surface area contributed by atoms with Crippen LogP contribution >= 0.6 is 11.8 Å². The Bertz CT molecular complexity index is 1190. The van der Waals surface area contributed by atoms with Gasteiger partial charge in [0.25, 0.3) is 5.56 Å². The van der Waals surface area contributed by atoms with E-state index in [9.17, 15) is 22.8 Å². The molecule has 0 saturated carbocycles. The summed E-state index contributed by atoms with van der Waals surface area (Å²) in [6, 6.07) is 11.2. The first-order valence-corrected chi connectivity index (χ1v) is 11.6. The molecule has 1 aromatic heterocycles. The largest absolute Gasteiger partial charge is 0.416 e. The average Bonchev–Trinajstić information content (AvgIpc) is 2.76. The quantitative estimate of drug-likeness (QED) is 0.347. The number of nitrogens with zero attached hydrogens (tertiary/aromatic N) is 2. The van der Waals surface area contributed by atoms with Gasteiger partial charge in [-0.2, -0.15) is 13.2 Å². The summed E-state index contributed by atoms with van der Waals surface area (Å²) in [6.07, 6.45) is -3.26. The van der Waals surface area contributed by atoms with Crippen LogP contribution in [-0.2, 0) is 11.0 Å². The second kappa shape index (κ2) is 10.4. The molecular weight excluding hydrogens is 451 g/mol. The number of benzene rings is 2. The van der Waals surface area contributed by atoms with E-state index >= 15 is 0 Å². The Morgan fingerprint density at radius 1 is 1.15 bits per heavy atom. The molecule has 1 unspecified atom stereocenters. The summed E-state index contributed by atoms with van der Waals surface area (Å²) in [4.78, 5) is 30.6. The minimum atomic E-state index is -4.56. The highest BCUT2D eigenvalue weighted by molar-refractivity contribution is 8.00. The molecule has 176 valence electrons. The number of fused-ring (bicyclic) bond motifs is 1. The number of hydrogen-bond donors (Lipinski definition) is 1. The van der Waals surface area contributed by atoms with Crippen molar-refractivity contribution in [1.29, 1.82) is 0 Å². The molecule has 0 bridgehead atoms. The number of amides is 1. The Balaban J connectivity index is 2.07. The molecule has 1 heterocycles. The van der Waals surface area contributed by atoms with Crippen LogP contribution in [0.1, 0.15) is 39.2 Å². The van der Waals surface area contributed by atoms with Gasteiger partial charge in [-0.15, -0.1) is 0 Å². The number of para-hydroxylation sites is 1. The monoisotopic (exact) mass is 477 g/mol. The van der Waals surface area contributed by atoms with Crippen molar-refractivity contribution in [3.05, 3.63) is 64.4 Å². The van der Waals surface area contributed by atoms with E-state index in [0.29, 0.717) is 24.4 Å². The number of halogens is 3. The second-order valence-corrected chi connectivity index (χ2v) is 9.26. The van der Waals surface area contributed by atoms with Crippen molar-refractivity contribution in [2.24, 2.45) is 5.92 Å². The summed E-state index contributed by atoms with van der Waals surface area (Å²) in [6.45, 7) is 6.49. The highest BCUT2D eigenvalue weighted by atomic mass is 32.2. The molecule has 5 nitrogen and oxygen atoms in total.